The number of nitrogens with zero attached hydrogens (tertiary/aromatic N) is 1. The molecule has 0 bridgehead atoms. The van der Waals surface area contributed by atoms with Crippen molar-refractivity contribution in [3.63, 3.8) is 0 Å². The zero-order chi connectivity index (χ0) is 15.5. The van der Waals surface area contributed by atoms with Gasteiger partial charge in [0, 0.05) is 21.7 Å². The van der Waals surface area contributed by atoms with Crippen LogP contribution in [0.3, 0.4) is 0 Å². The molecule has 8 heteroatoms. The molecule has 114 valence electrons. The van der Waals surface area contributed by atoms with Crippen LogP contribution in [0.15, 0.2) is 35.4 Å². The fourth-order valence-corrected chi connectivity index (χ4v) is 3.52. The van der Waals surface area contributed by atoms with Crippen LogP contribution >= 0.6 is 23.1 Å². The van der Waals surface area contributed by atoms with Gasteiger partial charge in [0.2, 0.25) is 0 Å². The van der Waals surface area contributed by atoms with E-state index in [0.29, 0.717) is 22.0 Å². The Morgan fingerprint density at radius 1 is 1.33 bits per heavy atom. The third-order valence-electron chi connectivity index (χ3n) is 2.75. The number of benzene rings is 1. The summed E-state index contributed by atoms with van der Waals surface area (Å²) >= 11 is 2.15. The number of hydrogen-bond acceptors (Lipinski definition) is 5. The predicted molar refractivity (Wildman–Crippen MR) is 79.1 cm³/mol. The van der Waals surface area contributed by atoms with E-state index in [0.717, 1.165) is 10.5 Å². The third kappa shape index (κ3) is 4.44. The van der Waals surface area contributed by atoms with Crippen molar-refractivity contribution < 1.29 is 13.2 Å². The molecule has 0 aliphatic carbocycles. The number of nitrogens with two attached hydrogens (primary N) is 1. The zero-order valence-corrected chi connectivity index (χ0v) is 12.8. The summed E-state index contributed by atoms with van der Waals surface area (Å²) in [5, 5.41) is -0.849. The molecule has 0 aliphatic heterocycles. The Balaban J connectivity index is 2.03. The number of nitrogens with one attached hydrogen (secondary N) is 1. The first kappa shape index (κ1) is 16.3. The van der Waals surface area contributed by atoms with Gasteiger partial charge in [-0.1, -0.05) is 17.7 Å². The summed E-state index contributed by atoms with van der Waals surface area (Å²) in [5.74, 6) is 5.97. The topological polar surface area (TPSA) is 50.9 Å². The van der Waals surface area contributed by atoms with Crippen LogP contribution in [0.4, 0.5) is 13.2 Å². The minimum Gasteiger partial charge on any atom is -0.271 e. The fraction of sp³-hybridized carbons (Fsp3) is 0.308. The lowest BCUT2D eigenvalue weighted by atomic mass is 10.2. The highest BCUT2D eigenvalue weighted by atomic mass is 32.2. The third-order valence-corrected chi connectivity index (χ3v) is 5.01. The maximum absolute atomic E-state index is 12.5. The van der Waals surface area contributed by atoms with Crippen molar-refractivity contribution in [3.8, 4) is 0 Å². The zero-order valence-electron chi connectivity index (χ0n) is 11.1. The smallest absolute Gasteiger partial charge is 0.271 e. The van der Waals surface area contributed by atoms with E-state index in [1.807, 2.05) is 31.2 Å². The summed E-state index contributed by atoms with van der Waals surface area (Å²) in [6.45, 7) is 1.99. The number of hydrogen-bond donors (Lipinski definition) is 2. The standard InChI is InChI=1S/C13H14F3N3S2/c1-8-2-4-9(5-3-8)20-7-10(19-17)11-6-18-12(21-11)13(14,15)16/h2-6,10,19H,7,17H2,1H3. The molecule has 1 heterocycles. The van der Waals surface area contributed by atoms with Crippen LogP contribution in [-0.2, 0) is 6.18 Å². The van der Waals surface area contributed by atoms with Crippen molar-refractivity contribution in [2.24, 2.45) is 5.84 Å². The minimum absolute atomic E-state index is 0.370. The highest BCUT2D eigenvalue weighted by molar-refractivity contribution is 7.99. The predicted octanol–water partition coefficient (Wildman–Crippen LogP) is 3.77. The Labute approximate surface area is 128 Å². The van der Waals surface area contributed by atoms with E-state index in [2.05, 4.69) is 10.4 Å². The largest absolute Gasteiger partial charge is 0.443 e. The lowest BCUT2D eigenvalue weighted by Gasteiger charge is -2.13. The molecule has 0 aliphatic rings. The molecule has 1 unspecified atom stereocenters. The van der Waals surface area contributed by atoms with E-state index in [-0.39, 0.29) is 6.04 Å². The summed E-state index contributed by atoms with van der Waals surface area (Å²) in [6, 6.07) is 7.55. The van der Waals surface area contributed by atoms with E-state index >= 15 is 0 Å². The van der Waals surface area contributed by atoms with Gasteiger partial charge in [-0.05, 0) is 19.1 Å². The van der Waals surface area contributed by atoms with Gasteiger partial charge in [0.15, 0.2) is 5.01 Å². The van der Waals surface area contributed by atoms with Gasteiger partial charge in [-0.3, -0.25) is 11.3 Å². The monoisotopic (exact) mass is 333 g/mol. The lowest BCUT2D eigenvalue weighted by Crippen LogP contribution is -2.29. The fourth-order valence-electron chi connectivity index (χ4n) is 1.61. The SMILES string of the molecule is Cc1ccc(SCC(NN)c2cnc(C(F)(F)F)s2)cc1. The summed E-state index contributed by atoms with van der Waals surface area (Å²) < 4.78 is 37.6. The normalized spacial score (nSPS) is 13.4. The van der Waals surface area contributed by atoms with Crippen molar-refractivity contribution >= 4 is 23.1 Å². The average molecular weight is 333 g/mol. The lowest BCUT2D eigenvalue weighted by molar-refractivity contribution is -0.137. The molecule has 3 nitrogen and oxygen atoms in total. The van der Waals surface area contributed by atoms with Crippen LogP contribution in [0.2, 0.25) is 0 Å². The van der Waals surface area contributed by atoms with Gasteiger partial charge >= 0.3 is 6.18 Å². The second-order valence-corrected chi connectivity index (χ2v) is 6.56. The maximum atomic E-state index is 12.5. The van der Waals surface area contributed by atoms with Gasteiger partial charge in [0.1, 0.15) is 0 Å². The molecule has 0 saturated heterocycles. The molecular weight excluding hydrogens is 319 g/mol. The van der Waals surface area contributed by atoms with Gasteiger partial charge in [0.25, 0.3) is 0 Å². The van der Waals surface area contributed by atoms with E-state index in [1.54, 1.807) is 0 Å². The molecule has 21 heavy (non-hydrogen) atoms. The van der Waals surface area contributed by atoms with Crippen LogP contribution in [0.1, 0.15) is 21.5 Å². The molecule has 0 amide bonds. The number of rotatable bonds is 5. The number of thioether (sulfide) groups is 1. The number of hydrazine groups is 1. The number of aryl methyl sites for hydroxylation is 1. The Bertz CT molecular complexity index is 581. The molecule has 1 aromatic heterocycles. The molecule has 1 atom stereocenters. The summed E-state index contributed by atoms with van der Waals surface area (Å²) in [7, 11) is 0. The molecular formula is C13H14F3N3S2. The second-order valence-electron chi connectivity index (χ2n) is 4.41. The molecule has 2 rings (SSSR count). The first-order valence-corrected chi connectivity index (χ1v) is 7.89. The van der Waals surface area contributed by atoms with Crippen LogP contribution < -0.4 is 11.3 Å². The molecule has 0 fully saturated rings. The molecule has 1 aromatic carbocycles. The molecule has 2 aromatic rings. The Hall–Kier alpha value is -1.09. The molecule has 3 N–H and O–H groups in total. The first-order valence-electron chi connectivity index (χ1n) is 6.08. The summed E-state index contributed by atoms with van der Waals surface area (Å²) in [4.78, 5) is 4.93. The minimum atomic E-state index is -4.41. The van der Waals surface area contributed by atoms with Crippen LogP contribution in [0, 0.1) is 6.92 Å². The average Bonchev–Trinajstić information content (AvgIpc) is 2.91. The van der Waals surface area contributed by atoms with Crippen LogP contribution in [0.25, 0.3) is 0 Å². The van der Waals surface area contributed by atoms with Gasteiger partial charge in [-0.2, -0.15) is 13.2 Å². The van der Waals surface area contributed by atoms with Gasteiger partial charge in [-0.15, -0.1) is 23.1 Å². The van der Waals surface area contributed by atoms with E-state index in [4.69, 9.17) is 5.84 Å². The van der Waals surface area contributed by atoms with Crippen molar-refractivity contribution in [2.45, 2.75) is 24.0 Å². The van der Waals surface area contributed by atoms with Crippen molar-refractivity contribution in [1.29, 1.82) is 0 Å². The van der Waals surface area contributed by atoms with Gasteiger partial charge < -0.3 is 0 Å². The number of thiazole rings is 1. The highest BCUT2D eigenvalue weighted by Gasteiger charge is 2.35. The van der Waals surface area contributed by atoms with E-state index < -0.39 is 11.2 Å². The van der Waals surface area contributed by atoms with Gasteiger partial charge in [0.05, 0.1) is 6.04 Å². The molecule has 0 spiro atoms. The quantitative estimate of drug-likeness (QED) is 0.497. The number of halogens is 3. The first-order chi connectivity index (χ1) is 9.90. The van der Waals surface area contributed by atoms with Crippen LogP contribution in [-0.4, -0.2) is 10.7 Å². The Kier molecular flexibility index (Phi) is 5.26. The second kappa shape index (κ2) is 6.78. The Morgan fingerprint density at radius 2 is 2.00 bits per heavy atom. The van der Waals surface area contributed by atoms with Crippen molar-refractivity contribution in [2.75, 3.05) is 5.75 Å². The highest BCUT2D eigenvalue weighted by Crippen LogP contribution is 2.35. The van der Waals surface area contributed by atoms with Crippen LogP contribution in [0.5, 0.6) is 0 Å². The number of alkyl halides is 3. The van der Waals surface area contributed by atoms with Crippen molar-refractivity contribution in [3.05, 3.63) is 45.9 Å². The maximum Gasteiger partial charge on any atom is 0.443 e. The van der Waals surface area contributed by atoms with E-state index in [1.165, 1.54) is 18.0 Å². The molecule has 0 radical (unpaired) electrons. The summed E-state index contributed by atoms with van der Waals surface area (Å²) in [5.41, 5.74) is 3.70. The summed E-state index contributed by atoms with van der Waals surface area (Å²) in [6.07, 6.45) is -3.18. The van der Waals surface area contributed by atoms with E-state index in [9.17, 15) is 13.2 Å². The number of aromatic nitrogens is 1. The molecule has 0 saturated carbocycles. The Morgan fingerprint density at radius 3 is 2.52 bits per heavy atom. The van der Waals surface area contributed by atoms with Crippen molar-refractivity contribution in [1.82, 2.24) is 10.4 Å². The van der Waals surface area contributed by atoms with Gasteiger partial charge in [-0.25, -0.2) is 4.98 Å².